The molecule has 1 amide bonds. The van der Waals surface area contributed by atoms with Crippen LogP contribution < -0.4 is 10.9 Å². The zero-order valence-corrected chi connectivity index (χ0v) is 9.59. The van der Waals surface area contributed by atoms with Gasteiger partial charge in [-0.05, 0) is 38.0 Å². The van der Waals surface area contributed by atoms with Crippen molar-refractivity contribution in [3.05, 3.63) is 35.6 Å². The summed E-state index contributed by atoms with van der Waals surface area (Å²) < 4.78 is 12.6. The molecule has 0 bridgehead atoms. The Morgan fingerprint density at radius 3 is 2.50 bits per heavy atom. The van der Waals surface area contributed by atoms with Gasteiger partial charge in [-0.15, -0.1) is 0 Å². The van der Waals surface area contributed by atoms with Crippen LogP contribution in [0.3, 0.4) is 0 Å². The Kier molecular flexibility index (Phi) is 4.92. The largest absolute Gasteiger partial charge is 0.291 e. The van der Waals surface area contributed by atoms with Crippen molar-refractivity contribution in [3.8, 4) is 0 Å². The number of hydrogen-bond donors (Lipinski definition) is 2. The number of hydrogen-bond acceptors (Lipinski definition) is 2. The van der Waals surface area contributed by atoms with E-state index in [4.69, 9.17) is 0 Å². The van der Waals surface area contributed by atoms with E-state index in [1.165, 1.54) is 12.1 Å². The van der Waals surface area contributed by atoms with Gasteiger partial charge in [-0.2, -0.15) is 0 Å². The molecule has 4 heteroatoms. The summed E-state index contributed by atoms with van der Waals surface area (Å²) in [6.07, 6.45) is 1.01. The lowest BCUT2D eigenvalue weighted by molar-refractivity contribution is -0.122. The quantitative estimate of drug-likeness (QED) is 0.749. The molecule has 0 aliphatic carbocycles. The first-order valence-electron chi connectivity index (χ1n) is 5.36. The van der Waals surface area contributed by atoms with Gasteiger partial charge in [-0.3, -0.25) is 10.2 Å². The van der Waals surface area contributed by atoms with Gasteiger partial charge in [0.25, 0.3) is 0 Å². The molecule has 0 spiro atoms. The number of hydrazine groups is 1. The average molecular weight is 224 g/mol. The van der Waals surface area contributed by atoms with Crippen molar-refractivity contribution in [1.29, 1.82) is 0 Å². The van der Waals surface area contributed by atoms with E-state index in [2.05, 4.69) is 10.9 Å². The third kappa shape index (κ3) is 4.89. The van der Waals surface area contributed by atoms with Crippen molar-refractivity contribution in [2.45, 2.75) is 32.7 Å². The summed E-state index contributed by atoms with van der Waals surface area (Å²) in [4.78, 5) is 11.3. The highest BCUT2D eigenvalue weighted by molar-refractivity contribution is 5.75. The van der Waals surface area contributed by atoms with Crippen molar-refractivity contribution in [2.75, 3.05) is 0 Å². The van der Waals surface area contributed by atoms with Gasteiger partial charge in [-0.25, -0.2) is 9.82 Å². The van der Waals surface area contributed by atoms with Crippen LogP contribution in [-0.4, -0.2) is 11.9 Å². The number of aryl methyl sites for hydroxylation is 1. The molecular formula is C12H17FN2O. The smallest absolute Gasteiger partial charge is 0.234 e. The molecule has 88 valence electrons. The van der Waals surface area contributed by atoms with Crippen LogP contribution in [0.5, 0.6) is 0 Å². The van der Waals surface area contributed by atoms with Crippen LogP contribution >= 0.6 is 0 Å². The van der Waals surface area contributed by atoms with Gasteiger partial charge < -0.3 is 0 Å². The summed E-state index contributed by atoms with van der Waals surface area (Å²) in [7, 11) is 0. The number of nitrogens with one attached hydrogen (secondary N) is 2. The van der Waals surface area contributed by atoms with E-state index in [0.717, 1.165) is 5.56 Å². The third-order valence-electron chi connectivity index (χ3n) is 2.05. The Morgan fingerprint density at radius 1 is 1.31 bits per heavy atom. The molecule has 1 aromatic rings. The maximum Gasteiger partial charge on any atom is 0.234 e. The molecule has 2 N–H and O–H groups in total. The highest BCUT2D eigenvalue weighted by Gasteiger charge is 2.02. The van der Waals surface area contributed by atoms with E-state index in [1.54, 1.807) is 12.1 Å². The summed E-state index contributed by atoms with van der Waals surface area (Å²) in [5.74, 6) is -0.312. The Morgan fingerprint density at radius 2 is 1.94 bits per heavy atom. The van der Waals surface area contributed by atoms with Crippen LogP contribution in [0.4, 0.5) is 4.39 Å². The monoisotopic (exact) mass is 224 g/mol. The first kappa shape index (κ1) is 12.6. The van der Waals surface area contributed by atoms with E-state index in [9.17, 15) is 9.18 Å². The second kappa shape index (κ2) is 6.23. The molecule has 0 aliphatic heterocycles. The first-order chi connectivity index (χ1) is 7.58. The lowest BCUT2D eigenvalue weighted by Crippen LogP contribution is -2.41. The third-order valence-corrected chi connectivity index (χ3v) is 2.05. The van der Waals surface area contributed by atoms with Crippen LogP contribution in [0.2, 0.25) is 0 Å². The Hall–Kier alpha value is -1.42. The molecule has 0 unspecified atom stereocenters. The number of carbonyl (C=O) groups excluding carboxylic acids is 1. The minimum Gasteiger partial charge on any atom is -0.291 e. The molecular weight excluding hydrogens is 207 g/mol. The van der Waals surface area contributed by atoms with Crippen LogP contribution in [0.25, 0.3) is 0 Å². The maximum atomic E-state index is 12.6. The SMILES string of the molecule is CC(C)NNC(=O)CCc1ccc(F)cc1. The molecule has 0 fully saturated rings. The van der Waals surface area contributed by atoms with Crippen molar-refractivity contribution in [1.82, 2.24) is 10.9 Å². The summed E-state index contributed by atoms with van der Waals surface area (Å²) in [5, 5.41) is 0. The summed E-state index contributed by atoms with van der Waals surface area (Å²) >= 11 is 0. The molecule has 1 aromatic carbocycles. The second-order valence-corrected chi connectivity index (χ2v) is 3.97. The fourth-order valence-corrected chi connectivity index (χ4v) is 1.20. The molecule has 0 heterocycles. The lowest BCUT2D eigenvalue weighted by atomic mass is 10.1. The Labute approximate surface area is 95.0 Å². The fraction of sp³-hybridized carbons (Fsp3) is 0.417. The van der Waals surface area contributed by atoms with Crippen molar-refractivity contribution in [2.24, 2.45) is 0 Å². The second-order valence-electron chi connectivity index (χ2n) is 3.97. The van der Waals surface area contributed by atoms with E-state index >= 15 is 0 Å². The summed E-state index contributed by atoms with van der Waals surface area (Å²) in [6, 6.07) is 6.41. The van der Waals surface area contributed by atoms with Crippen LogP contribution in [-0.2, 0) is 11.2 Å². The molecule has 0 atom stereocenters. The van der Waals surface area contributed by atoms with Crippen LogP contribution in [0.1, 0.15) is 25.8 Å². The highest BCUT2D eigenvalue weighted by Crippen LogP contribution is 2.05. The van der Waals surface area contributed by atoms with Gasteiger partial charge in [0.1, 0.15) is 5.82 Å². The molecule has 0 saturated carbocycles. The van der Waals surface area contributed by atoms with Gasteiger partial charge in [0.2, 0.25) is 5.91 Å². The number of amides is 1. The van der Waals surface area contributed by atoms with Gasteiger partial charge in [0.05, 0.1) is 0 Å². The van der Waals surface area contributed by atoms with Gasteiger partial charge in [-0.1, -0.05) is 12.1 Å². The predicted octanol–water partition coefficient (Wildman–Crippen LogP) is 1.79. The normalized spacial score (nSPS) is 10.5. The van der Waals surface area contributed by atoms with Gasteiger partial charge in [0, 0.05) is 12.5 Å². The molecule has 1 rings (SSSR count). The van der Waals surface area contributed by atoms with E-state index < -0.39 is 0 Å². The standard InChI is InChI=1S/C12H17FN2O/c1-9(2)14-15-12(16)8-5-10-3-6-11(13)7-4-10/h3-4,6-7,9,14H,5,8H2,1-2H3,(H,15,16). The number of carbonyl (C=O) groups is 1. The van der Waals surface area contributed by atoms with E-state index in [1.807, 2.05) is 13.8 Å². The Balaban J connectivity index is 2.29. The molecule has 3 nitrogen and oxygen atoms in total. The number of halogens is 1. The maximum absolute atomic E-state index is 12.6. The van der Waals surface area contributed by atoms with Crippen LogP contribution in [0, 0.1) is 5.82 Å². The van der Waals surface area contributed by atoms with Gasteiger partial charge >= 0.3 is 0 Å². The Bertz CT molecular complexity index is 335. The van der Waals surface area contributed by atoms with Crippen molar-refractivity contribution >= 4 is 5.91 Å². The zero-order chi connectivity index (χ0) is 12.0. The van der Waals surface area contributed by atoms with E-state index in [-0.39, 0.29) is 17.8 Å². The number of benzene rings is 1. The highest BCUT2D eigenvalue weighted by atomic mass is 19.1. The predicted molar refractivity (Wildman–Crippen MR) is 61.1 cm³/mol. The molecule has 0 aromatic heterocycles. The first-order valence-corrected chi connectivity index (χ1v) is 5.36. The summed E-state index contributed by atoms with van der Waals surface area (Å²) in [5.41, 5.74) is 6.39. The van der Waals surface area contributed by atoms with Crippen molar-refractivity contribution < 1.29 is 9.18 Å². The lowest BCUT2D eigenvalue weighted by Gasteiger charge is -2.09. The number of rotatable bonds is 5. The minimum atomic E-state index is -0.255. The summed E-state index contributed by atoms with van der Waals surface area (Å²) in [6.45, 7) is 3.89. The van der Waals surface area contributed by atoms with Crippen LogP contribution in [0.15, 0.2) is 24.3 Å². The van der Waals surface area contributed by atoms with E-state index in [0.29, 0.717) is 12.8 Å². The molecule has 16 heavy (non-hydrogen) atoms. The molecule has 0 aliphatic rings. The topological polar surface area (TPSA) is 41.1 Å². The fourth-order valence-electron chi connectivity index (χ4n) is 1.20. The zero-order valence-electron chi connectivity index (χ0n) is 9.59. The van der Waals surface area contributed by atoms with Crippen molar-refractivity contribution in [3.63, 3.8) is 0 Å². The molecule has 0 radical (unpaired) electrons. The van der Waals surface area contributed by atoms with Gasteiger partial charge in [0.15, 0.2) is 0 Å². The molecule has 0 saturated heterocycles. The minimum absolute atomic E-state index is 0.0574. The average Bonchev–Trinajstić information content (AvgIpc) is 2.25.